The number of thiocarbonyl (C=S) groups is 1. The number of nitrogens with one attached hydrogen (secondary N) is 3. The number of likely N-dealkylation sites (N-methyl/N-ethyl adjacent to an activating group) is 1. The molecule has 0 spiro atoms. The van der Waals surface area contributed by atoms with Crippen molar-refractivity contribution in [2.75, 3.05) is 18.9 Å². The topological polar surface area (TPSA) is 53.2 Å². The van der Waals surface area contributed by atoms with Crippen molar-refractivity contribution in [2.24, 2.45) is 0 Å². The summed E-state index contributed by atoms with van der Waals surface area (Å²) in [5.74, 6) is -0.103. The minimum atomic E-state index is -0.103. The standard InChI is InChI=1S/C11H15N3OS/c1-8-4-3-5-9(6-8)14-11(16)13-7-10(15)12-2/h3-6H,7H2,1-2H3,(H,12,15)(H2,13,14,16). The number of hydrogen-bond acceptors (Lipinski definition) is 2. The van der Waals surface area contributed by atoms with Gasteiger partial charge in [0.2, 0.25) is 5.91 Å². The maximum atomic E-state index is 11.0. The number of benzene rings is 1. The number of anilines is 1. The average molecular weight is 237 g/mol. The largest absolute Gasteiger partial charge is 0.358 e. The van der Waals surface area contributed by atoms with E-state index in [9.17, 15) is 4.79 Å². The highest BCUT2D eigenvalue weighted by Crippen LogP contribution is 2.08. The molecule has 4 nitrogen and oxygen atoms in total. The lowest BCUT2D eigenvalue weighted by Gasteiger charge is -2.10. The Kier molecular flexibility index (Phi) is 4.72. The summed E-state index contributed by atoms with van der Waals surface area (Å²) >= 11 is 5.04. The molecule has 3 N–H and O–H groups in total. The molecule has 0 saturated carbocycles. The van der Waals surface area contributed by atoms with E-state index in [1.165, 1.54) is 0 Å². The highest BCUT2D eigenvalue weighted by molar-refractivity contribution is 7.80. The van der Waals surface area contributed by atoms with Crippen molar-refractivity contribution < 1.29 is 4.79 Å². The number of rotatable bonds is 3. The molecule has 0 fully saturated rings. The molecule has 0 bridgehead atoms. The fourth-order valence-corrected chi connectivity index (χ4v) is 1.34. The first-order chi connectivity index (χ1) is 7.61. The van der Waals surface area contributed by atoms with Gasteiger partial charge in [-0.1, -0.05) is 12.1 Å². The van der Waals surface area contributed by atoms with Crippen molar-refractivity contribution in [3.8, 4) is 0 Å². The van der Waals surface area contributed by atoms with Crippen LogP contribution in [0.4, 0.5) is 5.69 Å². The molecule has 5 heteroatoms. The number of carbonyl (C=O) groups excluding carboxylic acids is 1. The Labute approximate surface area is 100 Å². The van der Waals surface area contributed by atoms with E-state index in [1.54, 1.807) is 7.05 Å². The van der Waals surface area contributed by atoms with Gasteiger partial charge in [0, 0.05) is 12.7 Å². The fraction of sp³-hybridized carbons (Fsp3) is 0.273. The maximum Gasteiger partial charge on any atom is 0.239 e. The van der Waals surface area contributed by atoms with Crippen molar-refractivity contribution in [3.63, 3.8) is 0 Å². The van der Waals surface area contributed by atoms with Crippen LogP contribution in [-0.4, -0.2) is 24.6 Å². The highest BCUT2D eigenvalue weighted by Gasteiger charge is 2.00. The monoisotopic (exact) mass is 237 g/mol. The lowest BCUT2D eigenvalue weighted by Crippen LogP contribution is -2.37. The van der Waals surface area contributed by atoms with Gasteiger partial charge in [-0.15, -0.1) is 0 Å². The molecule has 16 heavy (non-hydrogen) atoms. The Morgan fingerprint density at radius 1 is 1.44 bits per heavy atom. The molecule has 0 aliphatic rings. The van der Waals surface area contributed by atoms with E-state index in [0.717, 1.165) is 11.3 Å². The minimum absolute atomic E-state index is 0.103. The third kappa shape index (κ3) is 4.27. The van der Waals surface area contributed by atoms with Gasteiger partial charge in [-0.3, -0.25) is 4.79 Å². The van der Waals surface area contributed by atoms with E-state index in [-0.39, 0.29) is 12.5 Å². The molecule has 1 aromatic rings. The second-order valence-corrected chi connectivity index (χ2v) is 3.76. The van der Waals surface area contributed by atoms with Crippen LogP contribution in [0.5, 0.6) is 0 Å². The van der Waals surface area contributed by atoms with Crippen molar-refractivity contribution in [1.82, 2.24) is 10.6 Å². The summed E-state index contributed by atoms with van der Waals surface area (Å²) in [4.78, 5) is 11.0. The predicted molar refractivity (Wildman–Crippen MR) is 69.5 cm³/mol. The van der Waals surface area contributed by atoms with Gasteiger partial charge < -0.3 is 16.0 Å². The molecule has 0 aliphatic carbocycles. The third-order valence-electron chi connectivity index (χ3n) is 1.96. The summed E-state index contributed by atoms with van der Waals surface area (Å²) in [6.45, 7) is 2.18. The minimum Gasteiger partial charge on any atom is -0.358 e. The van der Waals surface area contributed by atoms with Crippen molar-refractivity contribution in [2.45, 2.75) is 6.92 Å². The summed E-state index contributed by atoms with van der Waals surface area (Å²) in [7, 11) is 1.58. The van der Waals surface area contributed by atoms with E-state index in [1.807, 2.05) is 31.2 Å². The zero-order valence-electron chi connectivity index (χ0n) is 9.33. The number of aryl methyl sites for hydroxylation is 1. The summed E-state index contributed by atoms with van der Waals surface area (Å²) in [5.41, 5.74) is 2.06. The fourth-order valence-electron chi connectivity index (χ4n) is 1.15. The van der Waals surface area contributed by atoms with Crippen LogP contribution in [0.25, 0.3) is 0 Å². The van der Waals surface area contributed by atoms with Gasteiger partial charge in [-0.25, -0.2) is 0 Å². The van der Waals surface area contributed by atoms with Gasteiger partial charge in [0.1, 0.15) is 0 Å². The van der Waals surface area contributed by atoms with Crippen molar-refractivity contribution >= 4 is 28.9 Å². The number of carbonyl (C=O) groups is 1. The summed E-state index contributed by atoms with van der Waals surface area (Å²) in [5, 5.41) is 8.76. The third-order valence-corrected chi connectivity index (χ3v) is 2.21. The van der Waals surface area contributed by atoms with Gasteiger partial charge >= 0.3 is 0 Å². The lowest BCUT2D eigenvalue weighted by molar-refractivity contribution is -0.119. The van der Waals surface area contributed by atoms with Crippen molar-refractivity contribution in [3.05, 3.63) is 29.8 Å². The first-order valence-electron chi connectivity index (χ1n) is 4.94. The van der Waals surface area contributed by atoms with Crippen LogP contribution in [-0.2, 0) is 4.79 Å². The molecule has 0 aromatic heterocycles. The molecule has 0 saturated heterocycles. The Morgan fingerprint density at radius 3 is 2.81 bits per heavy atom. The van der Waals surface area contributed by atoms with Crippen LogP contribution in [0.1, 0.15) is 5.56 Å². The number of amides is 1. The maximum absolute atomic E-state index is 11.0. The van der Waals surface area contributed by atoms with E-state index in [2.05, 4.69) is 16.0 Å². The number of hydrogen-bond donors (Lipinski definition) is 3. The van der Waals surface area contributed by atoms with Gasteiger partial charge in [0.15, 0.2) is 5.11 Å². The molecule has 86 valence electrons. The molecule has 1 aromatic carbocycles. The molecule has 0 aliphatic heterocycles. The zero-order valence-corrected chi connectivity index (χ0v) is 10.1. The second-order valence-electron chi connectivity index (χ2n) is 3.35. The smallest absolute Gasteiger partial charge is 0.239 e. The highest BCUT2D eigenvalue weighted by atomic mass is 32.1. The van der Waals surface area contributed by atoms with Gasteiger partial charge in [0.05, 0.1) is 6.54 Å². The van der Waals surface area contributed by atoms with Gasteiger partial charge in [0.25, 0.3) is 0 Å². The molecular formula is C11H15N3OS. The van der Waals surface area contributed by atoms with E-state index in [4.69, 9.17) is 12.2 Å². The Morgan fingerprint density at radius 2 is 2.19 bits per heavy atom. The normalized spacial score (nSPS) is 9.38. The van der Waals surface area contributed by atoms with Crippen LogP contribution in [0.2, 0.25) is 0 Å². The molecule has 1 rings (SSSR count). The molecule has 1 amide bonds. The van der Waals surface area contributed by atoms with Crippen LogP contribution >= 0.6 is 12.2 Å². The predicted octanol–water partition coefficient (Wildman–Crippen LogP) is 1.03. The quantitative estimate of drug-likeness (QED) is 0.687. The van der Waals surface area contributed by atoms with E-state index >= 15 is 0 Å². The average Bonchev–Trinajstić information content (AvgIpc) is 2.26. The van der Waals surface area contributed by atoms with E-state index in [0.29, 0.717) is 5.11 Å². The Hall–Kier alpha value is -1.62. The van der Waals surface area contributed by atoms with Crippen LogP contribution in [0.3, 0.4) is 0 Å². The van der Waals surface area contributed by atoms with Crippen molar-refractivity contribution in [1.29, 1.82) is 0 Å². The molecule has 0 atom stereocenters. The summed E-state index contributed by atoms with van der Waals surface area (Å²) in [6.07, 6.45) is 0. The molecule has 0 heterocycles. The summed E-state index contributed by atoms with van der Waals surface area (Å²) in [6, 6.07) is 7.85. The van der Waals surface area contributed by atoms with Crippen LogP contribution in [0.15, 0.2) is 24.3 Å². The Bertz CT molecular complexity index is 393. The summed E-state index contributed by atoms with van der Waals surface area (Å²) < 4.78 is 0. The van der Waals surface area contributed by atoms with Crippen LogP contribution in [0, 0.1) is 6.92 Å². The first-order valence-corrected chi connectivity index (χ1v) is 5.34. The zero-order chi connectivity index (χ0) is 12.0. The SMILES string of the molecule is CNC(=O)CNC(=S)Nc1cccc(C)c1. The molecule has 0 unspecified atom stereocenters. The van der Waals surface area contributed by atoms with Gasteiger partial charge in [-0.2, -0.15) is 0 Å². The van der Waals surface area contributed by atoms with Gasteiger partial charge in [-0.05, 0) is 36.8 Å². The Balaban J connectivity index is 2.43. The molecular weight excluding hydrogens is 222 g/mol. The lowest BCUT2D eigenvalue weighted by atomic mass is 10.2. The van der Waals surface area contributed by atoms with Crippen LogP contribution < -0.4 is 16.0 Å². The first kappa shape index (κ1) is 12.4. The molecule has 0 radical (unpaired) electrons. The second kappa shape index (κ2) is 6.07. The van der Waals surface area contributed by atoms with E-state index < -0.39 is 0 Å².